The van der Waals surface area contributed by atoms with Crippen molar-refractivity contribution in [2.75, 3.05) is 0 Å². The van der Waals surface area contributed by atoms with Crippen LogP contribution in [-0.4, -0.2) is 48.8 Å². The molecule has 10 rings (SSSR count). The van der Waals surface area contributed by atoms with Crippen molar-refractivity contribution in [2.24, 2.45) is 0 Å². The highest BCUT2D eigenvalue weighted by atomic mass is 15.1. The molecule has 0 unspecified atom stereocenters. The summed E-state index contributed by atoms with van der Waals surface area (Å²) < 4.78 is 2.33. The van der Waals surface area contributed by atoms with Crippen molar-refractivity contribution in [3.63, 3.8) is 0 Å². The molecule has 258 valence electrons. The standard InChI is InChI=1S/C49H37B5N2/c50-44-43(45(51)47(53)48(54)46(44)52)32-25-26-36-37(27-32)42(29-12-2-1-3-13-29)35-17-7-6-16-34(35)41(36)30-21-23-31(24-22-30)49-55-38-18-8-9-19-40(38)56(49)39-20-10-14-28-11-4-5-15-33(28)39/h1-27H,50-54H2. The Balaban J connectivity index is 1.21. The summed E-state index contributed by atoms with van der Waals surface area (Å²) in [7, 11) is 11.4. The number of para-hydroxylation sites is 2. The molecule has 9 aromatic carbocycles. The molecule has 1 aromatic heterocycles. The fourth-order valence-electron chi connectivity index (χ4n) is 9.15. The predicted octanol–water partition coefficient (Wildman–Crippen LogP) is 4.45. The average molecular weight is 708 g/mol. The van der Waals surface area contributed by atoms with E-state index >= 15 is 0 Å². The minimum atomic E-state index is 0.933. The van der Waals surface area contributed by atoms with Gasteiger partial charge in [-0.2, -0.15) is 0 Å². The maximum Gasteiger partial charge on any atom is 0.145 e. The molecule has 56 heavy (non-hydrogen) atoms. The Morgan fingerprint density at radius 2 is 0.875 bits per heavy atom. The van der Waals surface area contributed by atoms with E-state index in [1.54, 1.807) is 0 Å². The van der Waals surface area contributed by atoms with E-state index in [9.17, 15) is 0 Å². The van der Waals surface area contributed by atoms with Gasteiger partial charge in [-0.25, -0.2) is 4.98 Å². The van der Waals surface area contributed by atoms with Gasteiger partial charge in [-0.15, -0.1) is 16.4 Å². The topological polar surface area (TPSA) is 17.8 Å². The molecule has 1 heterocycles. The Hall–Kier alpha value is -6.45. The minimum Gasteiger partial charge on any atom is -0.292 e. The highest BCUT2D eigenvalue weighted by Crippen LogP contribution is 2.45. The molecule has 10 aromatic rings. The zero-order chi connectivity index (χ0) is 38.1. The quantitative estimate of drug-likeness (QED) is 0.191. The molecule has 7 heteroatoms. The summed E-state index contributed by atoms with van der Waals surface area (Å²) in [6, 6.07) is 59.7. The van der Waals surface area contributed by atoms with Crippen LogP contribution in [0.5, 0.6) is 0 Å². The number of hydrogen-bond donors (Lipinski definition) is 0. The van der Waals surface area contributed by atoms with Gasteiger partial charge in [0.15, 0.2) is 0 Å². The highest BCUT2D eigenvalue weighted by Gasteiger charge is 2.21. The van der Waals surface area contributed by atoms with E-state index in [0.717, 1.165) is 28.1 Å². The second-order valence-electron chi connectivity index (χ2n) is 15.3. The molecule has 0 aliphatic rings. The average Bonchev–Trinajstić information content (AvgIpc) is 3.64. The number of nitrogens with zero attached hydrogens (tertiary/aromatic N) is 2. The van der Waals surface area contributed by atoms with Crippen molar-refractivity contribution < 1.29 is 0 Å². The smallest absolute Gasteiger partial charge is 0.145 e. The van der Waals surface area contributed by atoms with E-state index in [2.05, 4.69) is 208 Å². The van der Waals surface area contributed by atoms with Crippen molar-refractivity contribution in [1.29, 1.82) is 0 Å². The third-order valence-corrected chi connectivity index (χ3v) is 12.4. The number of hydrogen-bond acceptors (Lipinski definition) is 1. The van der Waals surface area contributed by atoms with Gasteiger partial charge in [0.2, 0.25) is 0 Å². The molecular formula is C49H37B5N2. The Bertz CT molecular complexity index is 3150. The van der Waals surface area contributed by atoms with Gasteiger partial charge in [0.25, 0.3) is 0 Å². The van der Waals surface area contributed by atoms with Crippen LogP contribution < -0.4 is 27.3 Å². The highest BCUT2D eigenvalue weighted by molar-refractivity contribution is 6.68. The number of fused-ring (bicyclic) bond motifs is 4. The predicted molar refractivity (Wildman–Crippen MR) is 256 cm³/mol. The monoisotopic (exact) mass is 708 g/mol. The molecule has 0 amide bonds. The molecule has 2 nitrogen and oxygen atoms in total. The van der Waals surface area contributed by atoms with Gasteiger partial charge in [0.05, 0.1) is 16.7 Å². The van der Waals surface area contributed by atoms with Gasteiger partial charge in [-0.1, -0.05) is 150 Å². The molecule has 0 aliphatic carbocycles. The zero-order valence-electron chi connectivity index (χ0n) is 32.5. The number of imidazole rings is 1. The number of rotatable bonds is 5. The third-order valence-electron chi connectivity index (χ3n) is 12.4. The molecule has 0 atom stereocenters. The Morgan fingerprint density at radius 3 is 1.61 bits per heavy atom. The maximum atomic E-state index is 5.25. The van der Waals surface area contributed by atoms with E-state index in [4.69, 9.17) is 4.98 Å². The largest absolute Gasteiger partial charge is 0.292 e. The summed E-state index contributed by atoms with van der Waals surface area (Å²) in [5, 5.41) is 7.43. The van der Waals surface area contributed by atoms with Crippen molar-refractivity contribution in [3.8, 4) is 50.5 Å². The SMILES string of the molecule is Bc1c(B)c(B)c(-c2ccc3c(-c4ccc(-c5nc6ccccc6n5-c5cccc6ccccc56)cc4)c4ccccc4c(-c4ccccc4)c3c2)c(B)c1B. The van der Waals surface area contributed by atoms with Crippen molar-refractivity contribution in [3.05, 3.63) is 164 Å². The molecule has 0 aliphatic heterocycles. The normalized spacial score (nSPS) is 11.6. The van der Waals surface area contributed by atoms with Crippen molar-refractivity contribution >= 4 is 110 Å². The summed E-state index contributed by atoms with van der Waals surface area (Å²) in [5.41, 5.74) is 18.7. The van der Waals surface area contributed by atoms with E-state index < -0.39 is 0 Å². The Kier molecular flexibility index (Phi) is 8.15. The van der Waals surface area contributed by atoms with Crippen LogP contribution in [0.25, 0.3) is 93.8 Å². The van der Waals surface area contributed by atoms with Gasteiger partial charge in [0, 0.05) is 10.9 Å². The van der Waals surface area contributed by atoms with Crippen molar-refractivity contribution in [1.82, 2.24) is 9.55 Å². The summed E-state index contributed by atoms with van der Waals surface area (Å²) >= 11 is 0. The first-order valence-electron chi connectivity index (χ1n) is 19.6. The fraction of sp³-hybridized carbons (Fsp3) is 0. The van der Waals surface area contributed by atoms with Gasteiger partial charge in [0.1, 0.15) is 45.1 Å². The van der Waals surface area contributed by atoms with Crippen LogP contribution in [0, 0.1) is 0 Å². The fourth-order valence-corrected chi connectivity index (χ4v) is 9.15. The van der Waals surface area contributed by atoms with Crippen LogP contribution in [0.1, 0.15) is 0 Å². The first-order chi connectivity index (χ1) is 27.4. The van der Waals surface area contributed by atoms with Gasteiger partial charge < -0.3 is 0 Å². The second kappa shape index (κ2) is 13.4. The van der Waals surface area contributed by atoms with E-state index in [-0.39, 0.29) is 0 Å². The number of aromatic nitrogens is 2. The molecule has 0 saturated carbocycles. The maximum absolute atomic E-state index is 5.25. The molecular weight excluding hydrogens is 671 g/mol. The van der Waals surface area contributed by atoms with E-state index in [1.165, 1.54) is 93.0 Å². The lowest BCUT2D eigenvalue weighted by Gasteiger charge is -2.22. The van der Waals surface area contributed by atoms with Crippen molar-refractivity contribution in [2.45, 2.75) is 0 Å². The lowest BCUT2D eigenvalue weighted by atomic mass is 9.59. The molecule has 0 bridgehead atoms. The van der Waals surface area contributed by atoms with Crippen LogP contribution >= 0.6 is 0 Å². The zero-order valence-corrected chi connectivity index (χ0v) is 32.5. The first kappa shape index (κ1) is 34.1. The van der Waals surface area contributed by atoms with Crippen LogP contribution in [0.3, 0.4) is 0 Å². The molecule has 0 N–H and O–H groups in total. The molecule has 0 spiro atoms. The van der Waals surface area contributed by atoms with Gasteiger partial charge in [-0.05, 0) is 84.6 Å². The van der Waals surface area contributed by atoms with Gasteiger partial charge >= 0.3 is 0 Å². The van der Waals surface area contributed by atoms with Crippen LogP contribution in [0.4, 0.5) is 0 Å². The second-order valence-corrected chi connectivity index (χ2v) is 15.3. The van der Waals surface area contributed by atoms with Crippen LogP contribution in [-0.2, 0) is 0 Å². The van der Waals surface area contributed by atoms with Crippen LogP contribution in [0.15, 0.2) is 164 Å². The lowest BCUT2D eigenvalue weighted by molar-refractivity contribution is 1.11. The Labute approximate surface area is 332 Å². The van der Waals surface area contributed by atoms with E-state index in [1.807, 2.05) is 0 Å². The third kappa shape index (κ3) is 5.29. The number of benzene rings is 9. The molecule has 0 saturated heterocycles. The van der Waals surface area contributed by atoms with Crippen LogP contribution in [0.2, 0.25) is 0 Å². The molecule has 0 radical (unpaired) electrons. The Morgan fingerprint density at radius 1 is 0.357 bits per heavy atom. The lowest BCUT2D eigenvalue weighted by Crippen LogP contribution is -2.55. The molecule has 0 fully saturated rings. The summed E-state index contributed by atoms with van der Waals surface area (Å²) in [6.45, 7) is 0. The van der Waals surface area contributed by atoms with E-state index in [0.29, 0.717) is 0 Å². The minimum absolute atomic E-state index is 0.933. The summed E-state index contributed by atoms with van der Waals surface area (Å²) in [5.74, 6) is 0.933. The first-order valence-corrected chi connectivity index (χ1v) is 19.6. The summed E-state index contributed by atoms with van der Waals surface area (Å²) in [4.78, 5) is 5.25. The summed E-state index contributed by atoms with van der Waals surface area (Å²) in [6.07, 6.45) is 0. The van der Waals surface area contributed by atoms with Gasteiger partial charge in [-0.3, -0.25) is 4.57 Å².